The zero-order chi connectivity index (χ0) is 26.2. The Morgan fingerprint density at radius 1 is 1.14 bits per heavy atom. The van der Waals surface area contributed by atoms with Crippen LogP contribution in [0.3, 0.4) is 0 Å². The van der Waals surface area contributed by atoms with E-state index >= 15 is 0 Å². The summed E-state index contributed by atoms with van der Waals surface area (Å²) in [5, 5.41) is 0.303. The molecule has 1 aliphatic rings. The fourth-order valence-electron chi connectivity index (χ4n) is 5.02. The third-order valence-corrected chi connectivity index (χ3v) is 7.04. The van der Waals surface area contributed by atoms with Crippen LogP contribution in [-0.4, -0.2) is 58.3 Å². The van der Waals surface area contributed by atoms with Gasteiger partial charge in [0.15, 0.2) is 5.82 Å². The van der Waals surface area contributed by atoms with Gasteiger partial charge in [-0.05, 0) is 43.2 Å². The van der Waals surface area contributed by atoms with Gasteiger partial charge in [-0.15, -0.1) is 0 Å². The van der Waals surface area contributed by atoms with E-state index in [0.717, 1.165) is 17.7 Å². The van der Waals surface area contributed by atoms with Crippen LogP contribution in [-0.2, 0) is 18.0 Å². The van der Waals surface area contributed by atoms with Crippen LogP contribution in [0.1, 0.15) is 37.4 Å². The number of fused-ring (bicyclic) bond motifs is 1. The first-order valence-electron chi connectivity index (χ1n) is 11.8. The molecule has 1 saturated heterocycles. The van der Waals surface area contributed by atoms with Crippen LogP contribution in [0.15, 0.2) is 41.2 Å². The second kappa shape index (κ2) is 10.4. The lowest BCUT2D eigenvalue weighted by molar-refractivity contribution is -0.137. The first-order chi connectivity index (χ1) is 17.0. The molecule has 1 unspecified atom stereocenters. The number of halogens is 4. The highest BCUT2D eigenvalue weighted by atomic mass is 35.5. The van der Waals surface area contributed by atoms with E-state index in [1.807, 2.05) is 18.7 Å². The van der Waals surface area contributed by atoms with Crippen LogP contribution in [0.2, 0.25) is 5.15 Å². The van der Waals surface area contributed by atoms with E-state index < -0.39 is 17.4 Å². The molecule has 0 saturated carbocycles. The molecule has 0 N–H and O–H groups in total. The number of benzene rings is 1. The molecule has 36 heavy (non-hydrogen) atoms. The molecule has 0 amide bonds. The highest BCUT2D eigenvalue weighted by Crippen LogP contribution is 2.35. The summed E-state index contributed by atoms with van der Waals surface area (Å²) in [6.07, 6.45) is -3.67. The maximum atomic E-state index is 13.1. The van der Waals surface area contributed by atoms with Gasteiger partial charge in [-0.2, -0.15) is 18.2 Å². The topological polar surface area (TPSA) is 63.5 Å². The van der Waals surface area contributed by atoms with Crippen molar-refractivity contribution in [2.45, 2.75) is 44.6 Å². The first-order valence-corrected chi connectivity index (χ1v) is 12.1. The minimum absolute atomic E-state index is 0.0646. The number of alkyl halides is 3. The van der Waals surface area contributed by atoms with Gasteiger partial charge in [-0.1, -0.05) is 30.7 Å². The fourth-order valence-corrected chi connectivity index (χ4v) is 5.17. The van der Waals surface area contributed by atoms with Crippen molar-refractivity contribution in [1.82, 2.24) is 19.4 Å². The van der Waals surface area contributed by atoms with Gasteiger partial charge in [0.2, 0.25) is 0 Å². The summed E-state index contributed by atoms with van der Waals surface area (Å²) in [4.78, 5) is 25.8. The van der Waals surface area contributed by atoms with E-state index in [1.165, 1.54) is 4.57 Å². The monoisotopic (exact) mass is 523 g/mol. The molecule has 3 heterocycles. The highest BCUT2D eigenvalue weighted by molar-refractivity contribution is 6.29. The van der Waals surface area contributed by atoms with E-state index in [9.17, 15) is 18.0 Å². The molecule has 1 aliphatic heterocycles. The summed E-state index contributed by atoms with van der Waals surface area (Å²) in [6, 6.07) is 8.50. The Labute approximate surface area is 212 Å². The number of aromatic nitrogens is 3. The van der Waals surface area contributed by atoms with Gasteiger partial charge in [0, 0.05) is 39.3 Å². The average molecular weight is 524 g/mol. The predicted molar refractivity (Wildman–Crippen MR) is 133 cm³/mol. The lowest BCUT2D eigenvalue weighted by Gasteiger charge is -2.48. The molecule has 4 rings (SSSR count). The molecule has 1 aromatic carbocycles. The number of nitrogens with zero attached hydrogens (tertiary/aromatic N) is 5. The van der Waals surface area contributed by atoms with Gasteiger partial charge < -0.3 is 9.64 Å². The Balaban J connectivity index is 1.70. The molecule has 0 radical (unpaired) electrons. The third kappa shape index (κ3) is 5.07. The van der Waals surface area contributed by atoms with Crippen molar-refractivity contribution in [3.63, 3.8) is 0 Å². The van der Waals surface area contributed by atoms with Crippen LogP contribution < -0.4 is 10.6 Å². The van der Waals surface area contributed by atoms with Gasteiger partial charge in [-0.3, -0.25) is 9.47 Å². The predicted octanol–water partition coefficient (Wildman–Crippen LogP) is 4.68. The molecular formula is C25H29ClF3N5O2. The van der Waals surface area contributed by atoms with Crippen molar-refractivity contribution in [1.29, 1.82) is 0 Å². The number of hydrogen-bond acceptors (Lipinski definition) is 6. The number of rotatable bonds is 6. The van der Waals surface area contributed by atoms with Gasteiger partial charge >= 0.3 is 11.9 Å². The van der Waals surface area contributed by atoms with Crippen LogP contribution in [0.25, 0.3) is 11.0 Å². The summed E-state index contributed by atoms with van der Waals surface area (Å²) in [7, 11) is 3.26. The maximum Gasteiger partial charge on any atom is 0.416 e. The number of hydrogen-bond donors (Lipinski definition) is 0. The molecule has 194 valence electrons. The Bertz CT molecular complexity index is 1280. The van der Waals surface area contributed by atoms with Crippen LogP contribution in [0.4, 0.5) is 19.0 Å². The lowest BCUT2D eigenvalue weighted by Crippen LogP contribution is -2.60. The van der Waals surface area contributed by atoms with Gasteiger partial charge in [-0.25, -0.2) is 9.78 Å². The number of pyridine rings is 1. The molecule has 7 nitrogen and oxygen atoms in total. The van der Waals surface area contributed by atoms with E-state index in [1.54, 1.807) is 38.4 Å². The molecule has 2 aromatic heterocycles. The Hall–Kier alpha value is -2.69. The first kappa shape index (κ1) is 26.4. The lowest BCUT2D eigenvalue weighted by atomic mass is 9.96. The van der Waals surface area contributed by atoms with E-state index in [4.69, 9.17) is 16.3 Å². The molecular weight excluding hydrogens is 495 g/mol. The molecule has 3 aromatic rings. The number of ether oxygens (including phenoxy) is 1. The molecule has 1 fully saturated rings. The molecule has 3 atom stereocenters. The van der Waals surface area contributed by atoms with E-state index in [2.05, 4.69) is 14.9 Å². The normalized spacial score (nSPS) is 20.2. The van der Waals surface area contributed by atoms with Crippen molar-refractivity contribution in [2.24, 2.45) is 7.05 Å². The summed E-state index contributed by atoms with van der Waals surface area (Å²) >= 11 is 6.18. The summed E-state index contributed by atoms with van der Waals surface area (Å²) in [6.45, 7) is 5.54. The van der Waals surface area contributed by atoms with Gasteiger partial charge in [0.05, 0.1) is 23.7 Å². The number of aryl methyl sites for hydroxylation is 1. The Morgan fingerprint density at radius 2 is 1.83 bits per heavy atom. The van der Waals surface area contributed by atoms with E-state index in [-0.39, 0.29) is 18.1 Å². The highest BCUT2D eigenvalue weighted by Gasteiger charge is 2.38. The van der Waals surface area contributed by atoms with Crippen molar-refractivity contribution >= 4 is 28.5 Å². The minimum Gasteiger partial charge on any atom is -0.383 e. The number of anilines is 1. The largest absolute Gasteiger partial charge is 0.416 e. The second-order valence-corrected chi connectivity index (χ2v) is 9.52. The zero-order valence-electron chi connectivity index (χ0n) is 20.6. The van der Waals surface area contributed by atoms with Crippen LogP contribution in [0, 0.1) is 0 Å². The maximum absolute atomic E-state index is 13.1. The molecule has 0 spiro atoms. The SMILES string of the molecule is CCC(c1ccc(C(F)(F)F)cc1)N1C[C@H](C)N(c2nc(=O)n(C)c3ccc(Cl)nc23)C[C@H]1COC. The van der Waals surface area contributed by atoms with E-state index in [0.29, 0.717) is 48.1 Å². The molecule has 11 heteroatoms. The smallest absolute Gasteiger partial charge is 0.383 e. The van der Waals surface area contributed by atoms with Crippen molar-refractivity contribution in [3.05, 3.63) is 63.2 Å². The van der Waals surface area contributed by atoms with Crippen LogP contribution in [0.5, 0.6) is 0 Å². The summed E-state index contributed by atoms with van der Waals surface area (Å²) in [5.74, 6) is 0.464. The Kier molecular flexibility index (Phi) is 7.59. The van der Waals surface area contributed by atoms with Gasteiger partial charge in [0.25, 0.3) is 0 Å². The van der Waals surface area contributed by atoms with Crippen molar-refractivity contribution in [3.8, 4) is 0 Å². The number of methoxy groups -OCH3 is 1. The Morgan fingerprint density at radius 3 is 2.44 bits per heavy atom. The number of piperazine rings is 1. The second-order valence-electron chi connectivity index (χ2n) is 9.13. The summed E-state index contributed by atoms with van der Waals surface area (Å²) in [5.41, 5.74) is 0.926. The van der Waals surface area contributed by atoms with Crippen LogP contribution >= 0.6 is 11.6 Å². The zero-order valence-corrected chi connectivity index (χ0v) is 21.3. The minimum atomic E-state index is -4.38. The standard InChI is InChI=1S/C25H29ClF3N5O2/c1-5-19(16-6-8-17(9-7-16)25(27,28)29)34-12-15(2)33(13-18(34)14-36-4)23-22-20(10-11-21(26)30-22)32(3)24(35)31-23/h6-11,15,18-19H,5,12-14H2,1-4H3/t15-,18-,19?/m0/s1. The molecule has 0 bridgehead atoms. The van der Waals surface area contributed by atoms with Crippen molar-refractivity contribution in [2.75, 3.05) is 31.7 Å². The average Bonchev–Trinajstić information content (AvgIpc) is 2.83. The molecule has 0 aliphatic carbocycles. The van der Waals surface area contributed by atoms with Crippen molar-refractivity contribution < 1.29 is 17.9 Å². The quantitative estimate of drug-likeness (QED) is 0.437. The fraction of sp³-hybridized carbons (Fsp3) is 0.480. The van der Waals surface area contributed by atoms with Gasteiger partial charge in [0.1, 0.15) is 10.7 Å². The summed E-state index contributed by atoms with van der Waals surface area (Å²) < 4.78 is 46.2. The third-order valence-electron chi connectivity index (χ3n) is 6.83.